The molecule has 0 aliphatic rings. The fraction of sp³-hybridized carbons (Fsp3) is 0.182. The second kappa shape index (κ2) is 3.46. The Hall–Kier alpha value is -1.28. The van der Waals surface area contributed by atoms with Gasteiger partial charge in [-0.25, -0.2) is 0 Å². The van der Waals surface area contributed by atoms with Gasteiger partial charge in [0, 0.05) is 11.6 Å². The third-order valence-corrected chi connectivity index (χ3v) is 2.57. The molecule has 3 heteroatoms. The largest absolute Gasteiger partial charge is 0.506 e. The molecule has 72 valence electrons. The van der Waals surface area contributed by atoms with Crippen LogP contribution in [0.5, 0.6) is 5.75 Å². The van der Waals surface area contributed by atoms with Crippen LogP contribution in [0.25, 0.3) is 10.9 Å². The van der Waals surface area contributed by atoms with E-state index < -0.39 is 0 Å². The van der Waals surface area contributed by atoms with Gasteiger partial charge in [-0.15, -0.1) is 0 Å². The van der Waals surface area contributed by atoms with Crippen LogP contribution in [0.4, 0.5) is 0 Å². The molecule has 0 aliphatic carbocycles. The lowest BCUT2D eigenvalue weighted by Crippen LogP contribution is -1.86. The minimum atomic E-state index is 0.173. The van der Waals surface area contributed by atoms with Crippen molar-refractivity contribution in [3.8, 4) is 5.75 Å². The zero-order valence-corrected chi connectivity index (χ0v) is 8.54. The smallest absolute Gasteiger partial charge is 0.141 e. The van der Waals surface area contributed by atoms with Gasteiger partial charge in [-0.3, -0.25) is 4.98 Å². The average molecular weight is 208 g/mol. The number of pyridine rings is 1. The first-order valence-electron chi connectivity index (χ1n) is 4.48. The van der Waals surface area contributed by atoms with Crippen LogP contribution >= 0.6 is 11.6 Å². The first kappa shape index (κ1) is 9.28. The quantitative estimate of drug-likeness (QED) is 0.779. The molecule has 1 aromatic carbocycles. The van der Waals surface area contributed by atoms with Gasteiger partial charge in [0.1, 0.15) is 11.3 Å². The van der Waals surface area contributed by atoms with Crippen molar-refractivity contribution in [1.82, 2.24) is 4.98 Å². The Morgan fingerprint density at radius 1 is 1.43 bits per heavy atom. The standard InChI is InChI=1S/C11H10ClNO/c1-2-7-5-8-9(12)3-4-10(14)11(8)13-6-7/h3-6,14H,2H2,1H3. The Morgan fingerprint density at radius 3 is 2.93 bits per heavy atom. The highest BCUT2D eigenvalue weighted by Crippen LogP contribution is 2.29. The number of aryl methyl sites for hydroxylation is 1. The number of phenols is 1. The molecule has 0 unspecified atom stereocenters. The zero-order chi connectivity index (χ0) is 10.1. The second-order valence-corrected chi connectivity index (χ2v) is 3.57. The number of rotatable bonds is 1. The summed E-state index contributed by atoms with van der Waals surface area (Å²) in [6.07, 6.45) is 2.67. The van der Waals surface area contributed by atoms with Crippen molar-refractivity contribution in [3.05, 3.63) is 35.0 Å². The summed E-state index contributed by atoms with van der Waals surface area (Å²) >= 11 is 6.01. The number of aromatic hydroxyl groups is 1. The Labute approximate surface area is 87.2 Å². The SMILES string of the molecule is CCc1cnc2c(O)ccc(Cl)c2c1. The van der Waals surface area contributed by atoms with Crippen molar-refractivity contribution in [1.29, 1.82) is 0 Å². The van der Waals surface area contributed by atoms with Gasteiger partial charge in [-0.2, -0.15) is 0 Å². The molecule has 0 aliphatic heterocycles. The van der Waals surface area contributed by atoms with Crippen molar-refractivity contribution in [2.75, 3.05) is 0 Å². The normalized spacial score (nSPS) is 10.7. The molecule has 0 radical (unpaired) electrons. The minimum Gasteiger partial charge on any atom is -0.506 e. The molecule has 0 spiro atoms. The Kier molecular flexibility index (Phi) is 2.30. The summed E-state index contributed by atoms with van der Waals surface area (Å²) < 4.78 is 0. The highest BCUT2D eigenvalue weighted by Gasteiger charge is 2.05. The van der Waals surface area contributed by atoms with Crippen molar-refractivity contribution in [2.45, 2.75) is 13.3 Å². The van der Waals surface area contributed by atoms with Crippen LogP contribution in [0.1, 0.15) is 12.5 Å². The van der Waals surface area contributed by atoms with Gasteiger partial charge in [0.15, 0.2) is 0 Å². The van der Waals surface area contributed by atoms with Crippen LogP contribution in [-0.4, -0.2) is 10.1 Å². The maximum absolute atomic E-state index is 9.54. The molecule has 1 aromatic heterocycles. The average Bonchev–Trinajstić information content (AvgIpc) is 2.23. The molecule has 0 fully saturated rings. The van der Waals surface area contributed by atoms with E-state index in [1.807, 2.05) is 6.07 Å². The number of hydrogen-bond donors (Lipinski definition) is 1. The molecule has 2 aromatic rings. The predicted molar refractivity (Wildman–Crippen MR) is 57.8 cm³/mol. The van der Waals surface area contributed by atoms with E-state index in [0.717, 1.165) is 17.4 Å². The summed E-state index contributed by atoms with van der Waals surface area (Å²) in [4.78, 5) is 4.18. The molecule has 0 saturated heterocycles. The molecule has 14 heavy (non-hydrogen) atoms. The van der Waals surface area contributed by atoms with E-state index in [-0.39, 0.29) is 5.75 Å². The van der Waals surface area contributed by atoms with E-state index in [4.69, 9.17) is 11.6 Å². The molecular formula is C11H10ClNO. The van der Waals surface area contributed by atoms with Crippen LogP contribution in [-0.2, 0) is 6.42 Å². The minimum absolute atomic E-state index is 0.173. The van der Waals surface area contributed by atoms with Crippen molar-refractivity contribution in [3.63, 3.8) is 0 Å². The maximum atomic E-state index is 9.54. The fourth-order valence-electron chi connectivity index (χ4n) is 1.41. The number of fused-ring (bicyclic) bond motifs is 1. The summed E-state index contributed by atoms with van der Waals surface area (Å²) in [7, 11) is 0. The van der Waals surface area contributed by atoms with Crippen LogP contribution in [0.3, 0.4) is 0 Å². The molecular weight excluding hydrogens is 198 g/mol. The number of halogens is 1. The van der Waals surface area contributed by atoms with Crippen LogP contribution in [0, 0.1) is 0 Å². The highest BCUT2D eigenvalue weighted by atomic mass is 35.5. The second-order valence-electron chi connectivity index (χ2n) is 3.16. The Morgan fingerprint density at radius 2 is 2.21 bits per heavy atom. The van der Waals surface area contributed by atoms with Crippen LogP contribution < -0.4 is 0 Å². The van der Waals surface area contributed by atoms with Gasteiger partial charge in [0.05, 0.1) is 5.02 Å². The van der Waals surface area contributed by atoms with E-state index in [0.29, 0.717) is 10.5 Å². The van der Waals surface area contributed by atoms with Crippen molar-refractivity contribution < 1.29 is 5.11 Å². The summed E-state index contributed by atoms with van der Waals surface area (Å²) in [5.41, 5.74) is 1.68. The van der Waals surface area contributed by atoms with Crippen molar-refractivity contribution >= 4 is 22.5 Å². The number of aromatic nitrogens is 1. The number of phenolic OH excluding ortho intramolecular Hbond substituents is 1. The molecule has 2 nitrogen and oxygen atoms in total. The van der Waals surface area contributed by atoms with Crippen LogP contribution in [0.15, 0.2) is 24.4 Å². The summed E-state index contributed by atoms with van der Waals surface area (Å²) in [5, 5.41) is 11.0. The van der Waals surface area contributed by atoms with Crippen molar-refractivity contribution in [2.24, 2.45) is 0 Å². The third-order valence-electron chi connectivity index (χ3n) is 2.24. The van der Waals surface area contributed by atoms with E-state index >= 15 is 0 Å². The highest BCUT2D eigenvalue weighted by molar-refractivity contribution is 6.35. The monoisotopic (exact) mass is 207 g/mol. The number of hydrogen-bond acceptors (Lipinski definition) is 2. The lowest BCUT2D eigenvalue weighted by atomic mass is 10.1. The lowest BCUT2D eigenvalue weighted by Gasteiger charge is -2.03. The van der Waals surface area contributed by atoms with E-state index in [2.05, 4.69) is 11.9 Å². The first-order chi connectivity index (χ1) is 6.72. The molecule has 1 N–H and O–H groups in total. The van der Waals surface area contributed by atoms with Gasteiger partial charge in [-0.1, -0.05) is 18.5 Å². The zero-order valence-electron chi connectivity index (χ0n) is 7.79. The fourth-order valence-corrected chi connectivity index (χ4v) is 1.62. The van der Waals surface area contributed by atoms with Gasteiger partial charge in [-0.05, 0) is 30.2 Å². The van der Waals surface area contributed by atoms with E-state index in [9.17, 15) is 5.11 Å². The van der Waals surface area contributed by atoms with Gasteiger partial charge in [0.2, 0.25) is 0 Å². The summed E-state index contributed by atoms with van der Waals surface area (Å²) in [6.45, 7) is 2.06. The predicted octanol–water partition coefficient (Wildman–Crippen LogP) is 3.16. The van der Waals surface area contributed by atoms with E-state index in [1.54, 1.807) is 18.3 Å². The number of benzene rings is 1. The lowest BCUT2D eigenvalue weighted by molar-refractivity contribution is 0.480. The summed E-state index contributed by atoms with van der Waals surface area (Å²) in [6, 6.07) is 5.20. The third kappa shape index (κ3) is 1.42. The first-order valence-corrected chi connectivity index (χ1v) is 4.86. The Balaban J connectivity index is 2.80. The molecule has 0 amide bonds. The number of nitrogens with zero attached hydrogens (tertiary/aromatic N) is 1. The molecule has 2 rings (SSSR count). The van der Waals surface area contributed by atoms with E-state index in [1.165, 1.54) is 0 Å². The maximum Gasteiger partial charge on any atom is 0.141 e. The summed E-state index contributed by atoms with van der Waals surface area (Å²) in [5.74, 6) is 0.173. The van der Waals surface area contributed by atoms with Gasteiger partial charge >= 0.3 is 0 Å². The Bertz CT molecular complexity index is 482. The van der Waals surface area contributed by atoms with Crippen LogP contribution in [0.2, 0.25) is 5.02 Å². The molecule has 0 bridgehead atoms. The topological polar surface area (TPSA) is 33.1 Å². The van der Waals surface area contributed by atoms with Gasteiger partial charge < -0.3 is 5.11 Å². The molecule has 0 saturated carbocycles. The molecule has 1 heterocycles. The molecule has 0 atom stereocenters. The van der Waals surface area contributed by atoms with Gasteiger partial charge in [0.25, 0.3) is 0 Å².